The number of nitrogens with two attached hydrogens (primary N) is 1. The molecule has 2 N–H and O–H groups in total. The van der Waals surface area contributed by atoms with Crippen LogP contribution in [0.1, 0.15) is 0 Å². The second-order valence-electron chi connectivity index (χ2n) is 2.82. The van der Waals surface area contributed by atoms with Crippen molar-refractivity contribution in [3.63, 3.8) is 0 Å². The van der Waals surface area contributed by atoms with Crippen molar-refractivity contribution >= 4 is 17.4 Å². The molecule has 0 aliphatic heterocycles. The van der Waals surface area contributed by atoms with Gasteiger partial charge in [-0.05, 0) is 18.2 Å². The Morgan fingerprint density at radius 2 is 2.13 bits per heavy atom. The summed E-state index contributed by atoms with van der Waals surface area (Å²) in [6.07, 6.45) is 1.20. The first-order valence-electron chi connectivity index (χ1n) is 4.07. The Balaban J connectivity index is 2.64. The van der Waals surface area contributed by atoms with E-state index in [0.29, 0.717) is 5.02 Å². The van der Waals surface area contributed by atoms with Gasteiger partial charge in [-0.25, -0.2) is 9.37 Å². The molecule has 0 bridgehead atoms. The minimum absolute atomic E-state index is 0.117. The number of hydrogen-bond acceptors (Lipinski definition) is 4. The van der Waals surface area contributed by atoms with E-state index in [1.165, 1.54) is 24.5 Å². The Hall–Kier alpha value is -1.75. The topological polar surface area (TPSA) is 64.7 Å². The lowest BCUT2D eigenvalue weighted by Crippen LogP contribution is -1.99. The lowest BCUT2D eigenvalue weighted by molar-refractivity contribution is 0.630. The molecule has 15 heavy (non-hydrogen) atoms. The quantitative estimate of drug-likeness (QED) is 0.804. The maximum absolute atomic E-state index is 13.4. The van der Waals surface area contributed by atoms with E-state index in [2.05, 4.69) is 15.2 Å². The molecule has 0 fully saturated rings. The van der Waals surface area contributed by atoms with Crippen LogP contribution >= 0.6 is 11.6 Å². The zero-order valence-electron chi connectivity index (χ0n) is 7.48. The number of rotatable bonds is 1. The smallest absolute Gasteiger partial charge is 0.153 e. The predicted octanol–water partition coefficient (Wildman–Crippen LogP) is 1.91. The van der Waals surface area contributed by atoms with E-state index in [1.807, 2.05) is 0 Å². The average Bonchev–Trinajstić information content (AvgIpc) is 2.23. The molecule has 1 heterocycles. The van der Waals surface area contributed by atoms with Crippen molar-refractivity contribution in [1.29, 1.82) is 0 Å². The summed E-state index contributed by atoms with van der Waals surface area (Å²) in [5.74, 6) is -0.348. The van der Waals surface area contributed by atoms with E-state index in [9.17, 15) is 4.39 Å². The number of nitrogen functional groups attached to an aromatic ring is 1. The summed E-state index contributed by atoms with van der Waals surface area (Å²) >= 11 is 5.74. The third kappa shape index (κ3) is 1.87. The van der Waals surface area contributed by atoms with Gasteiger partial charge in [-0.1, -0.05) is 11.6 Å². The number of benzene rings is 1. The average molecular weight is 225 g/mol. The SMILES string of the molecule is Nc1ncnnc1-c1cc(Cl)ccc1F. The molecular weight excluding hydrogens is 219 g/mol. The zero-order valence-corrected chi connectivity index (χ0v) is 8.24. The second-order valence-corrected chi connectivity index (χ2v) is 3.25. The molecule has 4 nitrogen and oxygen atoms in total. The molecule has 2 rings (SSSR count). The molecule has 0 saturated carbocycles. The van der Waals surface area contributed by atoms with Gasteiger partial charge < -0.3 is 5.73 Å². The van der Waals surface area contributed by atoms with Crippen LogP contribution in [0, 0.1) is 5.82 Å². The Morgan fingerprint density at radius 1 is 1.33 bits per heavy atom. The fraction of sp³-hybridized carbons (Fsp3) is 0. The molecule has 0 atom stereocenters. The molecule has 1 aromatic carbocycles. The van der Waals surface area contributed by atoms with Gasteiger partial charge in [0.15, 0.2) is 5.82 Å². The van der Waals surface area contributed by atoms with Crippen LogP contribution in [0.15, 0.2) is 24.5 Å². The van der Waals surface area contributed by atoms with E-state index in [4.69, 9.17) is 17.3 Å². The molecule has 0 saturated heterocycles. The number of halogens is 2. The summed E-state index contributed by atoms with van der Waals surface area (Å²) in [7, 11) is 0. The minimum Gasteiger partial charge on any atom is -0.382 e. The zero-order chi connectivity index (χ0) is 10.8. The molecule has 76 valence electrons. The summed E-state index contributed by atoms with van der Waals surface area (Å²) in [5, 5.41) is 7.66. The van der Waals surface area contributed by atoms with Crippen LogP contribution in [0.3, 0.4) is 0 Å². The van der Waals surface area contributed by atoms with Crippen molar-refractivity contribution in [2.24, 2.45) is 0 Å². The Morgan fingerprint density at radius 3 is 2.87 bits per heavy atom. The molecule has 0 aliphatic rings. The van der Waals surface area contributed by atoms with Gasteiger partial charge in [-0.3, -0.25) is 0 Å². The highest BCUT2D eigenvalue weighted by atomic mass is 35.5. The van der Waals surface area contributed by atoms with Crippen molar-refractivity contribution in [2.45, 2.75) is 0 Å². The van der Waals surface area contributed by atoms with Gasteiger partial charge in [0.1, 0.15) is 17.8 Å². The predicted molar refractivity (Wildman–Crippen MR) is 54.6 cm³/mol. The van der Waals surface area contributed by atoms with Crippen LogP contribution in [0.25, 0.3) is 11.3 Å². The van der Waals surface area contributed by atoms with Crippen LogP contribution < -0.4 is 5.73 Å². The first-order valence-corrected chi connectivity index (χ1v) is 4.45. The van der Waals surface area contributed by atoms with E-state index in [1.54, 1.807) is 0 Å². The van der Waals surface area contributed by atoms with E-state index in [0.717, 1.165) is 0 Å². The van der Waals surface area contributed by atoms with Gasteiger partial charge in [0.2, 0.25) is 0 Å². The molecule has 0 spiro atoms. The number of nitrogens with zero attached hydrogens (tertiary/aromatic N) is 3. The van der Waals surface area contributed by atoms with Crippen molar-refractivity contribution in [1.82, 2.24) is 15.2 Å². The molecule has 0 aliphatic carbocycles. The summed E-state index contributed by atoms with van der Waals surface area (Å²) in [6, 6.07) is 4.12. The van der Waals surface area contributed by atoms with Gasteiger partial charge in [0, 0.05) is 10.6 Å². The van der Waals surface area contributed by atoms with Gasteiger partial charge in [0.25, 0.3) is 0 Å². The Bertz CT molecular complexity index is 503. The van der Waals surface area contributed by atoms with Crippen molar-refractivity contribution < 1.29 is 4.39 Å². The van der Waals surface area contributed by atoms with E-state index < -0.39 is 5.82 Å². The molecule has 0 unspecified atom stereocenters. The number of anilines is 1. The molecule has 0 radical (unpaired) electrons. The molecule has 1 aromatic heterocycles. The van der Waals surface area contributed by atoms with Gasteiger partial charge in [-0.2, -0.15) is 0 Å². The van der Waals surface area contributed by atoms with Crippen molar-refractivity contribution in [3.8, 4) is 11.3 Å². The highest BCUT2D eigenvalue weighted by Crippen LogP contribution is 2.26. The number of hydrogen-bond donors (Lipinski definition) is 1. The minimum atomic E-state index is -0.464. The summed E-state index contributed by atoms with van der Waals surface area (Å²) < 4.78 is 13.4. The van der Waals surface area contributed by atoms with Crippen molar-refractivity contribution in [3.05, 3.63) is 35.4 Å². The molecular formula is C9H6ClFN4. The van der Waals surface area contributed by atoms with Crippen LogP contribution in [0.5, 0.6) is 0 Å². The van der Waals surface area contributed by atoms with E-state index in [-0.39, 0.29) is 17.1 Å². The number of aromatic nitrogens is 3. The highest BCUT2D eigenvalue weighted by Gasteiger charge is 2.11. The summed E-state index contributed by atoms with van der Waals surface area (Å²) in [5.41, 5.74) is 5.94. The van der Waals surface area contributed by atoms with Crippen LogP contribution in [0.4, 0.5) is 10.2 Å². The van der Waals surface area contributed by atoms with E-state index >= 15 is 0 Å². The largest absolute Gasteiger partial charge is 0.382 e. The van der Waals surface area contributed by atoms with Gasteiger partial charge in [0.05, 0.1) is 0 Å². The van der Waals surface area contributed by atoms with Gasteiger partial charge >= 0.3 is 0 Å². The Kier molecular flexibility index (Phi) is 2.47. The fourth-order valence-corrected chi connectivity index (χ4v) is 1.33. The summed E-state index contributed by atoms with van der Waals surface area (Å²) in [6.45, 7) is 0. The second kappa shape index (κ2) is 3.78. The molecule has 0 amide bonds. The summed E-state index contributed by atoms with van der Waals surface area (Å²) in [4.78, 5) is 3.72. The highest BCUT2D eigenvalue weighted by molar-refractivity contribution is 6.30. The first kappa shape index (κ1) is 9.79. The van der Waals surface area contributed by atoms with Crippen molar-refractivity contribution in [2.75, 3.05) is 5.73 Å². The maximum atomic E-state index is 13.4. The molecule has 6 heteroatoms. The fourth-order valence-electron chi connectivity index (χ4n) is 1.15. The third-order valence-electron chi connectivity index (χ3n) is 1.83. The monoisotopic (exact) mass is 224 g/mol. The maximum Gasteiger partial charge on any atom is 0.153 e. The third-order valence-corrected chi connectivity index (χ3v) is 2.07. The van der Waals surface area contributed by atoms with Crippen LogP contribution in [0.2, 0.25) is 5.02 Å². The van der Waals surface area contributed by atoms with Crippen LogP contribution in [-0.4, -0.2) is 15.2 Å². The molecule has 2 aromatic rings. The lowest BCUT2D eigenvalue weighted by Gasteiger charge is -2.03. The first-order chi connectivity index (χ1) is 7.18. The normalized spacial score (nSPS) is 10.3. The lowest BCUT2D eigenvalue weighted by atomic mass is 10.1. The van der Waals surface area contributed by atoms with Gasteiger partial charge in [-0.15, -0.1) is 10.2 Å². The Labute approximate surface area is 89.9 Å². The van der Waals surface area contributed by atoms with Crippen LogP contribution in [-0.2, 0) is 0 Å². The standard InChI is InChI=1S/C9H6ClFN4/c10-5-1-2-7(11)6(3-5)8-9(12)13-4-14-15-8/h1-4H,(H2,12,13,14).